The number of carbonyl (C=O) groups is 1. The molecule has 4 nitrogen and oxygen atoms in total. The second-order valence-corrected chi connectivity index (χ2v) is 5.35. The van der Waals surface area contributed by atoms with Gasteiger partial charge in [-0.2, -0.15) is 0 Å². The van der Waals surface area contributed by atoms with Crippen LogP contribution < -0.4 is 0 Å². The van der Waals surface area contributed by atoms with Crippen molar-refractivity contribution in [2.45, 2.75) is 13.3 Å². The van der Waals surface area contributed by atoms with Gasteiger partial charge in [-0.05, 0) is 35.4 Å². The molecule has 0 bridgehead atoms. The Hall–Kier alpha value is -3.01. The molecule has 3 aromatic carbocycles. The smallest absolute Gasteiger partial charge is 0.272 e. The van der Waals surface area contributed by atoms with Crippen LogP contribution in [0.5, 0.6) is 0 Å². The van der Waals surface area contributed by atoms with Crippen molar-refractivity contribution < 1.29 is 9.72 Å². The first-order valence-corrected chi connectivity index (χ1v) is 7.41. The summed E-state index contributed by atoms with van der Waals surface area (Å²) >= 11 is 0. The van der Waals surface area contributed by atoms with E-state index in [4.69, 9.17) is 0 Å². The summed E-state index contributed by atoms with van der Waals surface area (Å²) in [5, 5.41) is 13.1. The summed E-state index contributed by atoms with van der Waals surface area (Å²) in [6.45, 7) is 1.84. The number of hydrogen-bond donors (Lipinski definition) is 0. The number of carbonyl (C=O) groups excluding carboxylic acids is 1. The van der Waals surface area contributed by atoms with Crippen molar-refractivity contribution in [1.82, 2.24) is 0 Å². The van der Waals surface area contributed by atoms with E-state index >= 15 is 0 Å². The van der Waals surface area contributed by atoms with Crippen LogP contribution in [0.25, 0.3) is 10.8 Å². The van der Waals surface area contributed by atoms with E-state index in [1.54, 1.807) is 12.1 Å². The van der Waals surface area contributed by atoms with Gasteiger partial charge in [0.1, 0.15) is 0 Å². The highest BCUT2D eigenvalue weighted by Crippen LogP contribution is 2.23. The zero-order valence-electron chi connectivity index (χ0n) is 12.7. The number of fused-ring (bicyclic) bond motifs is 1. The molecule has 3 aromatic rings. The molecule has 0 N–H and O–H groups in total. The highest BCUT2D eigenvalue weighted by molar-refractivity contribution is 6.10. The molecule has 3 rings (SSSR count). The minimum atomic E-state index is -0.414. The Morgan fingerprint density at radius 3 is 2.30 bits per heavy atom. The van der Waals surface area contributed by atoms with Gasteiger partial charge < -0.3 is 0 Å². The molecule has 0 unspecified atom stereocenters. The number of nitrogens with zero attached hydrogens (tertiary/aromatic N) is 1. The Kier molecular flexibility index (Phi) is 3.89. The molecule has 23 heavy (non-hydrogen) atoms. The van der Waals surface area contributed by atoms with Crippen LogP contribution in [0.3, 0.4) is 0 Å². The van der Waals surface area contributed by atoms with Gasteiger partial charge in [0.2, 0.25) is 0 Å². The molecule has 0 aliphatic heterocycles. The fourth-order valence-electron chi connectivity index (χ4n) is 2.69. The van der Waals surface area contributed by atoms with E-state index in [-0.39, 0.29) is 11.5 Å². The molecule has 0 saturated carbocycles. The van der Waals surface area contributed by atoms with Crippen LogP contribution >= 0.6 is 0 Å². The van der Waals surface area contributed by atoms with Gasteiger partial charge >= 0.3 is 0 Å². The second kappa shape index (κ2) is 6.01. The number of nitro groups is 1. The Bertz CT molecular complexity index is 915. The Labute approximate surface area is 133 Å². The third-order valence-electron chi connectivity index (χ3n) is 3.93. The fourth-order valence-corrected chi connectivity index (χ4v) is 2.69. The van der Waals surface area contributed by atoms with Gasteiger partial charge in [0.15, 0.2) is 5.78 Å². The van der Waals surface area contributed by atoms with Gasteiger partial charge in [-0.3, -0.25) is 14.9 Å². The molecule has 0 radical (unpaired) electrons. The summed E-state index contributed by atoms with van der Waals surface area (Å²) in [5.41, 5.74) is 1.69. The van der Waals surface area contributed by atoms with Crippen LogP contribution in [0.1, 0.15) is 28.4 Å². The normalized spacial score (nSPS) is 10.7. The zero-order valence-corrected chi connectivity index (χ0v) is 12.7. The lowest BCUT2D eigenvalue weighted by atomic mass is 9.97. The number of rotatable bonds is 4. The van der Waals surface area contributed by atoms with E-state index in [1.807, 2.05) is 43.3 Å². The Morgan fingerprint density at radius 1 is 0.957 bits per heavy atom. The Balaban J connectivity index is 2.03. The summed E-state index contributed by atoms with van der Waals surface area (Å²) in [5.74, 6) is -0.125. The molecule has 0 spiro atoms. The quantitative estimate of drug-likeness (QED) is 0.404. The average molecular weight is 305 g/mol. The molecule has 0 saturated heterocycles. The minimum Gasteiger partial charge on any atom is -0.289 e. The second-order valence-electron chi connectivity index (χ2n) is 5.35. The van der Waals surface area contributed by atoms with Crippen molar-refractivity contribution >= 4 is 22.2 Å². The van der Waals surface area contributed by atoms with Crippen LogP contribution in [0.2, 0.25) is 0 Å². The van der Waals surface area contributed by atoms with Gasteiger partial charge in [0.05, 0.1) is 4.92 Å². The predicted octanol–water partition coefficient (Wildman–Crippen LogP) is 4.54. The van der Waals surface area contributed by atoms with Crippen LogP contribution in [0.4, 0.5) is 5.69 Å². The Morgan fingerprint density at radius 2 is 1.61 bits per heavy atom. The molecule has 114 valence electrons. The zero-order chi connectivity index (χ0) is 16.4. The SMILES string of the molecule is CCc1cc(C(=O)c2ccc3ccccc3c2)ccc1[N+](=O)[O-]. The van der Waals surface area contributed by atoms with Crippen molar-refractivity contribution in [1.29, 1.82) is 0 Å². The van der Waals surface area contributed by atoms with Crippen molar-refractivity contribution in [3.8, 4) is 0 Å². The molecule has 0 fully saturated rings. The highest BCUT2D eigenvalue weighted by Gasteiger charge is 2.16. The fraction of sp³-hybridized carbons (Fsp3) is 0.105. The summed E-state index contributed by atoms with van der Waals surface area (Å²) in [7, 11) is 0. The van der Waals surface area contributed by atoms with Gasteiger partial charge in [-0.1, -0.05) is 43.3 Å². The van der Waals surface area contributed by atoms with Crippen molar-refractivity contribution in [2.24, 2.45) is 0 Å². The highest BCUT2D eigenvalue weighted by atomic mass is 16.6. The third kappa shape index (κ3) is 2.83. The first-order valence-electron chi connectivity index (χ1n) is 7.41. The largest absolute Gasteiger partial charge is 0.289 e. The summed E-state index contributed by atoms with van der Waals surface area (Å²) in [6, 6.07) is 17.9. The maximum Gasteiger partial charge on any atom is 0.272 e. The lowest BCUT2D eigenvalue weighted by molar-refractivity contribution is -0.385. The number of nitro benzene ring substituents is 1. The van der Waals surface area contributed by atoms with Gasteiger partial charge in [0.25, 0.3) is 5.69 Å². The number of benzene rings is 3. The van der Waals surface area contributed by atoms with E-state index in [0.717, 1.165) is 10.8 Å². The van der Waals surface area contributed by atoms with Crippen LogP contribution in [0.15, 0.2) is 60.7 Å². The van der Waals surface area contributed by atoms with Gasteiger partial charge in [-0.25, -0.2) is 0 Å². The molecule has 0 heterocycles. The van der Waals surface area contributed by atoms with E-state index < -0.39 is 4.92 Å². The predicted molar refractivity (Wildman–Crippen MR) is 89.9 cm³/mol. The monoisotopic (exact) mass is 305 g/mol. The number of ketones is 1. The molecular weight excluding hydrogens is 290 g/mol. The van der Waals surface area contributed by atoms with Crippen molar-refractivity contribution in [2.75, 3.05) is 0 Å². The summed E-state index contributed by atoms with van der Waals surface area (Å²) < 4.78 is 0. The molecular formula is C19H15NO3. The van der Waals surface area contributed by atoms with Gasteiger partial charge in [0, 0.05) is 22.8 Å². The van der Waals surface area contributed by atoms with E-state index in [9.17, 15) is 14.9 Å². The summed E-state index contributed by atoms with van der Waals surface area (Å²) in [4.78, 5) is 23.3. The molecule has 4 heteroatoms. The molecule has 0 aliphatic carbocycles. The van der Waals surface area contributed by atoms with E-state index in [0.29, 0.717) is 23.1 Å². The first kappa shape index (κ1) is 14.9. The topological polar surface area (TPSA) is 60.2 Å². The third-order valence-corrected chi connectivity index (χ3v) is 3.93. The van der Waals surface area contributed by atoms with Crippen LogP contribution in [0, 0.1) is 10.1 Å². The average Bonchev–Trinajstić information content (AvgIpc) is 2.60. The molecule has 0 aliphatic rings. The van der Waals surface area contributed by atoms with E-state index in [1.165, 1.54) is 12.1 Å². The van der Waals surface area contributed by atoms with E-state index in [2.05, 4.69) is 0 Å². The van der Waals surface area contributed by atoms with Crippen LogP contribution in [-0.4, -0.2) is 10.7 Å². The minimum absolute atomic E-state index is 0.0579. The van der Waals surface area contributed by atoms with Crippen molar-refractivity contribution in [3.63, 3.8) is 0 Å². The first-order chi connectivity index (χ1) is 11.1. The van der Waals surface area contributed by atoms with Crippen molar-refractivity contribution in [3.05, 3.63) is 87.5 Å². The van der Waals surface area contributed by atoms with Crippen LogP contribution in [-0.2, 0) is 6.42 Å². The molecule has 0 amide bonds. The number of hydrogen-bond acceptors (Lipinski definition) is 3. The standard InChI is InChI=1S/C19H15NO3/c1-2-13-11-17(9-10-18(13)20(22)23)19(21)16-8-7-14-5-3-4-6-15(14)12-16/h3-12H,2H2,1H3. The molecule has 0 aromatic heterocycles. The maximum absolute atomic E-state index is 12.7. The molecule has 0 atom stereocenters. The lowest BCUT2D eigenvalue weighted by Gasteiger charge is -2.06. The number of aryl methyl sites for hydroxylation is 1. The summed E-state index contributed by atoms with van der Waals surface area (Å²) in [6.07, 6.45) is 0.509. The lowest BCUT2D eigenvalue weighted by Crippen LogP contribution is -2.03. The maximum atomic E-state index is 12.7. The van der Waals surface area contributed by atoms with Gasteiger partial charge in [-0.15, -0.1) is 0 Å².